The lowest BCUT2D eigenvalue weighted by Crippen LogP contribution is -2.59. The van der Waals surface area contributed by atoms with Gasteiger partial charge < -0.3 is 4.23 Å². The number of nitrogens with zero attached hydrogens (tertiary/aromatic N) is 2. The summed E-state index contributed by atoms with van der Waals surface area (Å²) in [4.78, 5) is 28.6. The number of carbonyl (C=O) groups excluding carboxylic acids is 2. The number of hydrogen-bond donors (Lipinski definition) is 1. The van der Waals surface area contributed by atoms with Crippen LogP contribution in [0.2, 0.25) is 12.6 Å². The maximum atomic E-state index is 12.6. The van der Waals surface area contributed by atoms with E-state index in [9.17, 15) is 9.59 Å². The molecule has 0 radical (unpaired) electrons. The number of aromatic nitrogens is 2. The quantitative estimate of drug-likeness (QED) is 0.703. The van der Waals surface area contributed by atoms with Gasteiger partial charge in [-0.15, -0.1) is 0 Å². The number of nitrogens with one attached hydrogen (secondary N) is 1. The molecule has 110 valence electrons. The van der Waals surface area contributed by atoms with Crippen molar-refractivity contribution in [3.8, 4) is 0 Å². The molecule has 2 aromatic heterocycles. The number of para-hydroxylation sites is 1. The van der Waals surface area contributed by atoms with Gasteiger partial charge in [0.2, 0.25) is 11.4 Å². The molecule has 0 aliphatic carbocycles. The molecule has 1 aromatic carbocycles. The summed E-state index contributed by atoms with van der Waals surface area (Å²) in [5.41, 5.74) is 1.73. The molecule has 5 nitrogen and oxygen atoms in total. The van der Waals surface area contributed by atoms with Crippen molar-refractivity contribution in [2.24, 2.45) is 0 Å². The molecule has 0 saturated carbocycles. The Bertz CT molecular complexity index is 880. The highest BCUT2D eigenvalue weighted by atomic mass is 28.3. The van der Waals surface area contributed by atoms with Gasteiger partial charge in [0.1, 0.15) is 5.65 Å². The molecule has 6 heteroatoms. The monoisotopic (exact) mass is 309 g/mol. The van der Waals surface area contributed by atoms with Crippen LogP contribution in [0.5, 0.6) is 0 Å². The van der Waals surface area contributed by atoms with E-state index in [1.807, 2.05) is 36.9 Å². The summed E-state index contributed by atoms with van der Waals surface area (Å²) in [5.74, 6) is -0.177. The smallest absolute Gasteiger partial charge is 0.262 e. The minimum Gasteiger partial charge on any atom is -0.343 e. The first-order valence-electron chi connectivity index (χ1n) is 7.30. The Kier molecular flexibility index (Phi) is 2.71. The van der Waals surface area contributed by atoms with E-state index in [2.05, 4.69) is 20.6 Å². The van der Waals surface area contributed by atoms with Gasteiger partial charge in [0.15, 0.2) is 0 Å². The average molecular weight is 309 g/mol. The van der Waals surface area contributed by atoms with E-state index >= 15 is 0 Å². The van der Waals surface area contributed by atoms with Crippen molar-refractivity contribution >= 4 is 41.6 Å². The maximum Gasteiger partial charge on any atom is 0.262 e. The Morgan fingerprint density at radius 1 is 1.14 bits per heavy atom. The highest BCUT2D eigenvalue weighted by Crippen LogP contribution is 2.33. The Morgan fingerprint density at radius 3 is 2.73 bits per heavy atom. The van der Waals surface area contributed by atoms with E-state index in [4.69, 9.17) is 0 Å². The number of amides is 2. The highest BCUT2D eigenvalue weighted by molar-refractivity contribution is 7.05. The van der Waals surface area contributed by atoms with Crippen LogP contribution in [0.4, 0.5) is 4.79 Å². The van der Waals surface area contributed by atoms with E-state index < -0.39 is 8.24 Å². The third-order valence-electron chi connectivity index (χ3n) is 4.51. The van der Waals surface area contributed by atoms with Crippen LogP contribution < -0.4 is 5.32 Å². The highest BCUT2D eigenvalue weighted by Gasteiger charge is 2.45. The van der Waals surface area contributed by atoms with Crippen LogP contribution in [0.15, 0.2) is 42.6 Å². The largest absolute Gasteiger partial charge is 0.343 e. The SMILES string of the molecule is C[Si]1(n2c3ccccc3c3cccnc32)CCC(=O)NC1=O. The minimum atomic E-state index is -2.55. The fraction of sp³-hybridized carbons (Fsp3) is 0.188. The summed E-state index contributed by atoms with van der Waals surface area (Å²) in [7, 11) is -2.55. The van der Waals surface area contributed by atoms with Crippen molar-refractivity contribution in [1.29, 1.82) is 0 Å². The average Bonchev–Trinajstić information content (AvgIpc) is 2.87. The van der Waals surface area contributed by atoms with E-state index in [1.165, 1.54) is 0 Å². The van der Waals surface area contributed by atoms with Gasteiger partial charge in [0.05, 0.1) is 0 Å². The molecule has 1 aliphatic rings. The Labute approximate surface area is 128 Å². The molecular weight excluding hydrogens is 294 g/mol. The van der Waals surface area contributed by atoms with E-state index in [1.54, 1.807) is 6.20 Å². The predicted molar refractivity (Wildman–Crippen MR) is 87.2 cm³/mol. The zero-order valence-corrected chi connectivity index (χ0v) is 13.2. The molecule has 0 bridgehead atoms. The maximum absolute atomic E-state index is 12.6. The lowest BCUT2D eigenvalue weighted by Gasteiger charge is -2.31. The summed E-state index contributed by atoms with van der Waals surface area (Å²) >= 11 is 0. The molecule has 3 heterocycles. The molecule has 2 amide bonds. The first kappa shape index (κ1) is 13.2. The minimum absolute atomic E-state index is 0.128. The van der Waals surface area contributed by atoms with Crippen molar-refractivity contribution in [1.82, 2.24) is 14.5 Å². The van der Waals surface area contributed by atoms with E-state index in [0.29, 0.717) is 12.5 Å². The van der Waals surface area contributed by atoms with Crippen LogP contribution in [-0.4, -0.2) is 28.9 Å². The van der Waals surface area contributed by atoms with Gasteiger partial charge in [0.25, 0.3) is 8.24 Å². The van der Waals surface area contributed by atoms with Gasteiger partial charge in [-0.25, -0.2) is 4.98 Å². The second-order valence-corrected chi connectivity index (χ2v) is 9.83. The molecule has 1 atom stereocenters. The number of carbonyl (C=O) groups is 2. The molecule has 4 rings (SSSR count). The third kappa shape index (κ3) is 1.67. The van der Waals surface area contributed by atoms with Crippen molar-refractivity contribution in [3.63, 3.8) is 0 Å². The van der Waals surface area contributed by atoms with Gasteiger partial charge in [-0.2, -0.15) is 0 Å². The van der Waals surface area contributed by atoms with Gasteiger partial charge >= 0.3 is 0 Å². The predicted octanol–water partition coefficient (Wildman–Crippen LogP) is 2.83. The lowest BCUT2D eigenvalue weighted by molar-refractivity contribution is -0.119. The molecule has 1 unspecified atom stereocenters. The standard InChI is InChI=1S/C16H15N3O2Si/c1-22(10-8-14(20)18-16(22)21)19-13-7-3-2-5-11(13)12-6-4-9-17-15(12)19/h2-7,9H,8,10H2,1H3,(H,18,20,21). The van der Waals surface area contributed by atoms with Crippen molar-refractivity contribution < 1.29 is 9.59 Å². The molecule has 1 N–H and O–H groups in total. The third-order valence-corrected chi connectivity index (χ3v) is 8.27. The van der Waals surface area contributed by atoms with Crippen molar-refractivity contribution in [2.45, 2.75) is 19.0 Å². The topological polar surface area (TPSA) is 64.0 Å². The van der Waals surface area contributed by atoms with Crippen LogP contribution in [-0.2, 0) is 4.79 Å². The molecular formula is C16H15N3O2Si. The van der Waals surface area contributed by atoms with Crippen LogP contribution >= 0.6 is 0 Å². The van der Waals surface area contributed by atoms with Gasteiger partial charge in [0, 0.05) is 28.9 Å². The fourth-order valence-corrected chi connectivity index (χ4v) is 6.45. The first-order valence-corrected chi connectivity index (χ1v) is 9.95. The molecule has 1 saturated heterocycles. The second-order valence-electron chi connectivity index (χ2n) is 5.88. The Balaban J connectivity index is 2.08. The van der Waals surface area contributed by atoms with E-state index in [0.717, 1.165) is 21.9 Å². The fourth-order valence-electron chi connectivity index (χ4n) is 3.30. The van der Waals surface area contributed by atoms with Gasteiger partial charge in [-0.3, -0.25) is 14.9 Å². The molecule has 1 aliphatic heterocycles. The van der Waals surface area contributed by atoms with E-state index in [-0.39, 0.29) is 11.4 Å². The van der Waals surface area contributed by atoms with Crippen molar-refractivity contribution in [3.05, 3.63) is 42.6 Å². The Hall–Kier alpha value is -2.47. The molecule has 0 spiro atoms. The number of rotatable bonds is 1. The summed E-state index contributed by atoms with van der Waals surface area (Å²) < 4.78 is 2.11. The number of pyridine rings is 1. The summed E-state index contributed by atoms with van der Waals surface area (Å²) in [6.07, 6.45) is 2.15. The second kappa shape index (κ2) is 4.51. The summed E-state index contributed by atoms with van der Waals surface area (Å²) in [5, 5.41) is 4.68. The molecule has 1 fully saturated rings. The molecule has 22 heavy (non-hydrogen) atoms. The van der Waals surface area contributed by atoms with Gasteiger partial charge in [-0.1, -0.05) is 18.2 Å². The number of benzene rings is 1. The van der Waals surface area contributed by atoms with Crippen molar-refractivity contribution in [2.75, 3.05) is 0 Å². The summed E-state index contributed by atoms with van der Waals surface area (Å²) in [6, 6.07) is 12.6. The lowest BCUT2D eigenvalue weighted by atomic mass is 10.2. The zero-order valence-electron chi connectivity index (χ0n) is 12.2. The number of imide groups is 1. The van der Waals surface area contributed by atoms with Crippen LogP contribution in [0, 0.1) is 0 Å². The van der Waals surface area contributed by atoms with Crippen LogP contribution in [0.25, 0.3) is 21.9 Å². The van der Waals surface area contributed by atoms with Crippen LogP contribution in [0.1, 0.15) is 6.42 Å². The zero-order chi connectivity index (χ0) is 15.3. The number of hydrogen-bond acceptors (Lipinski definition) is 3. The van der Waals surface area contributed by atoms with Gasteiger partial charge in [-0.05, 0) is 30.8 Å². The normalized spacial score (nSPS) is 22.2. The summed E-state index contributed by atoms with van der Waals surface area (Å²) in [6.45, 7) is 2.01. The Morgan fingerprint density at radius 2 is 1.91 bits per heavy atom. The number of fused-ring (bicyclic) bond motifs is 3. The van der Waals surface area contributed by atoms with Crippen LogP contribution in [0.3, 0.4) is 0 Å². The first-order chi connectivity index (χ1) is 10.6. The molecule has 3 aromatic rings.